The number of aliphatic hydroxyl groups is 1. The van der Waals surface area contributed by atoms with E-state index in [0.29, 0.717) is 36.6 Å². The Morgan fingerprint density at radius 2 is 1.80 bits per heavy atom. The Morgan fingerprint density at radius 1 is 1.09 bits per heavy atom. The molecule has 0 heterocycles. The fraction of sp³-hybridized carbons (Fsp3) is 0.441. The minimum atomic E-state index is -2.11. The molecule has 45 heavy (non-hydrogen) atoms. The first-order valence-corrected chi connectivity index (χ1v) is 17.0. The van der Waals surface area contributed by atoms with Crippen molar-refractivity contribution in [1.29, 1.82) is 0 Å². The summed E-state index contributed by atoms with van der Waals surface area (Å²) in [5.41, 5.74) is -5.42. The van der Waals surface area contributed by atoms with Crippen LogP contribution in [0.5, 0.6) is 5.75 Å². The summed E-state index contributed by atoms with van der Waals surface area (Å²) in [5, 5.41) is 20.9. The first kappa shape index (κ1) is 32.3. The van der Waals surface area contributed by atoms with Gasteiger partial charge in [0.05, 0.1) is 16.7 Å². The number of aliphatic hydroxyl groups excluding tert-OH is 1. The highest BCUT2D eigenvalue weighted by Crippen LogP contribution is 2.70. The number of aromatic hydroxyl groups is 1. The second-order valence-corrected chi connectivity index (χ2v) is 15.2. The third-order valence-corrected chi connectivity index (χ3v) is 12.8. The smallest absolute Gasteiger partial charge is 0.339 e. The highest BCUT2D eigenvalue weighted by molar-refractivity contribution is 8.13. The number of allylic oxidation sites excluding steroid dienone is 4. The Bertz CT molecular complexity index is 1630. The van der Waals surface area contributed by atoms with Gasteiger partial charge in [-0.1, -0.05) is 41.9 Å². The molecule has 11 heteroatoms. The number of halogens is 3. The molecule has 0 aromatic heterocycles. The number of phenols is 1. The van der Waals surface area contributed by atoms with E-state index in [9.17, 15) is 29.0 Å². The number of fused-ring (bicyclic) bond motifs is 5. The molecule has 3 fully saturated rings. The lowest BCUT2D eigenvalue weighted by molar-refractivity contribution is -0.214. The number of phenolic OH excluding ortho intramolecular Hbond substituents is 1. The van der Waals surface area contributed by atoms with E-state index in [-0.39, 0.29) is 35.0 Å². The fourth-order valence-electron chi connectivity index (χ4n) is 8.47. The summed E-state index contributed by atoms with van der Waals surface area (Å²) < 4.78 is 37.3. The van der Waals surface area contributed by atoms with Crippen LogP contribution in [0.1, 0.15) is 56.3 Å². The summed E-state index contributed by atoms with van der Waals surface area (Å²) in [6.07, 6.45) is 3.92. The normalized spacial score (nSPS) is 35.2. The topological polar surface area (TPSA) is 101 Å². The molecular weight excluding hydrogens is 642 g/mol. The van der Waals surface area contributed by atoms with Gasteiger partial charge < -0.3 is 14.9 Å². The molecule has 0 spiro atoms. The largest absolute Gasteiger partial charge is 0.506 e. The maximum atomic E-state index is 17.5. The van der Waals surface area contributed by atoms with Crippen molar-refractivity contribution in [3.63, 3.8) is 0 Å². The SMILES string of the molecule is C[C@]12C=CC(=O)C=C1CC[C@H]1[C@@H]3CC[C@](OC(=O)c4ccc(Sc5ccc(O)c(Cl)c5)cc4)(C(=O)SCF)[C@@]3(C)C[C@H](O)[C@@]12F. The van der Waals surface area contributed by atoms with Crippen LogP contribution >= 0.6 is 35.1 Å². The summed E-state index contributed by atoms with van der Waals surface area (Å²) in [6, 6.07) is 10.4. The van der Waals surface area contributed by atoms with Crippen molar-refractivity contribution in [2.45, 2.75) is 73.1 Å². The van der Waals surface area contributed by atoms with Gasteiger partial charge in [-0.2, -0.15) is 0 Å². The van der Waals surface area contributed by atoms with E-state index in [1.165, 1.54) is 30.0 Å². The maximum Gasteiger partial charge on any atom is 0.339 e. The monoisotopic (exact) mass is 674 g/mol. The number of carbonyl (C=O) groups is 3. The lowest BCUT2D eigenvalue weighted by Crippen LogP contribution is -2.69. The molecule has 238 valence electrons. The third kappa shape index (κ3) is 4.89. The standard InChI is InChI=1S/C34H33ClF2O6S2/c1-31-13-11-21(38)15-20(31)5-9-25-24-12-14-33(30(42)44-18-36,32(24,2)17-28(40)34(25,31)37)43-29(41)19-3-6-22(7-4-19)45-23-8-10-27(39)26(35)16-23/h3-4,6-8,10-11,13,15-16,24-25,28,39-40H,5,9,12,14,17-18H2,1-2H3/t24-,25-,28-,31-,32-,33-,34-/m0/s1. The highest BCUT2D eigenvalue weighted by atomic mass is 35.5. The molecule has 0 bridgehead atoms. The number of hydrogen-bond donors (Lipinski definition) is 2. The second kappa shape index (κ2) is 11.5. The van der Waals surface area contributed by atoms with Gasteiger partial charge in [0.2, 0.25) is 5.12 Å². The number of ether oxygens (including phenoxy) is 1. The molecule has 4 aliphatic carbocycles. The number of benzene rings is 2. The molecular formula is C34H33ClF2O6S2. The quantitative estimate of drug-likeness (QED) is 0.302. The van der Waals surface area contributed by atoms with E-state index < -0.39 is 57.1 Å². The van der Waals surface area contributed by atoms with Gasteiger partial charge in [-0.3, -0.25) is 9.59 Å². The van der Waals surface area contributed by atoms with Crippen molar-refractivity contribution < 1.29 is 38.1 Å². The molecule has 4 aliphatic rings. The lowest BCUT2D eigenvalue weighted by atomic mass is 9.45. The molecule has 6 rings (SSSR count). The van der Waals surface area contributed by atoms with Crippen LogP contribution in [-0.2, 0) is 14.3 Å². The van der Waals surface area contributed by atoms with Crippen LogP contribution in [0.2, 0.25) is 5.02 Å². The molecule has 0 aliphatic heterocycles. The molecule has 0 radical (unpaired) electrons. The van der Waals surface area contributed by atoms with Gasteiger partial charge in [0, 0.05) is 26.5 Å². The van der Waals surface area contributed by atoms with Gasteiger partial charge in [0.25, 0.3) is 0 Å². The molecule has 2 N–H and O–H groups in total. The second-order valence-electron chi connectivity index (χ2n) is 12.8. The van der Waals surface area contributed by atoms with Crippen molar-refractivity contribution in [2.75, 3.05) is 6.01 Å². The van der Waals surface area contributed by atoms with Gasteiger partial charge in [-0.05, 0) is 111 Å². The van der Waals surface area contributed by atoms with Gasteiger partial charge in [0.1, 0.15) is 11.8 Å². The molecule has 0 unspecified atom stereocenters. The van der Waals surface area contributed by atoms with E-state index in [0.717, 1.165) is 9.79 Å². The summed E-state index contributed by atoms with van der Waals surface area (Å²) in [4.78, 5) is 41.1. The minimum Gasteiger partial charge on any atom is -0.506 e. The number of thioether (sulfide) groups is 1. The average molecular weight is 675 g/mol. The number of carbonyl (C=O) groups excluding carboxylic acids is 3. The van der Waals surface area contributed by atoms with Crippen LogP contribution in [0.15, 0.2) is 76.1 Å². The van der Waals surface area contributed by atoms with Gasteiger partial charge in [-0.25, -0.2) is 13.6 Å². The Labute approximate surface area is 273 Å². The first-order chi connectivity index (χ1) is 21.3. The third-order valence-electron chi connectivity index (χ3n) is 10.8. The van der Waals surface area contributed by atoms with Crippen molar-refractivity contribution in [3.05, 3.63) is 76.9 Å². The van der Waals surface area contributed by atoms with Gasteiger partial charge >= 0.3 is 5.97 Å². The van der Waals surface area contributed by atoms with Crippen molar-refractivity contribution in [3.8, 4) is 5.75 Å². The van der Waals surface area contributed by atoms with E-state index in [1.807, 2.05) is 0 Å². The average Bonchev–Trinajstić information content (AvgIpc) is 3.28. The van der Waals surface area contributed by atoms with E-state index in [2.05, 4.69) is 0 Å². The molecule has 3 saturated carbocycles. The van der Waals surface area contributed by atoms with Crippen LogP contribution in [0, 0.1) is 22.7 Å². The Morgan fingerprint density at radius 3 is 2.49 bits per heavy atom. The van der Waals surface area contributed by atoms with Gasteiger partial charge in [-0.15, -0.1) is 0 Å². The van der Waals surface area contributed by atoms with E-state index in [4.69, 9.17) is 16.3 Å². The predicted octanol–water partition coefficient (Wildman–Crippen LogP) is 7.65. The zero-order valence-electron chi connectivity index (χ0n) is 24.7. The van der Waals surface area contributed by atoms with Crippen molar-refractivity contribution >= 4 is 52.0 Å². The zero-order valence-corrected chi connectivity index (χ0v) is 27.1. The Kier molecular flexibility index (Phi) is 8.28. The molecule has 6 nitrogen and oxygen atoms in total. The van der Waals surface area contributed by atoms with Crippen LogP contribution < -0.4 is 0 Å². The molecule has 7 atom stereocenters. The summed E-state index contributed by atoms with van der Waals surface area (Å²) >= 11 is 7.81. The van der Waals surface area contributed by atoms with E-state index in [1.54, 1.807) is 56.3 Å². The van der Waals surface area contributed by atoms with Crippen LogP contribution in [0.4, 0.5) is 8.78 Å². The number of rotatable bonds is 6. The number of hydrogen-bond acceptors (Lipinski definition) is 8. The van der Waals surface area contributed by atoms with Crippen LogP contribution in [-0.4, -0.2) is 50.5 Å². The fourth-order valence-corrected chi connectivity index (χ4v) is 10.3. The number of esters is 1. The number of ketones is 1. The lowest BCUT2D eigenvalue weighted by Gasteiger charge is -2.62. The summed E-state index contributed by atoms with van der Waals surface area (Å²) in [7, 11) is 0. The Balaban J connectivity index is 1.30. The molecule has 0 amide bonds. The summed E-state index contributed by atoms with van der Waals surface area (Å²) in [6.45, 7) is 3.47. The molecule has 0 saturated heterocycles. The molecule has 2 aromatic carbocycles. The number of alkyl halides is 2. The zero-order chi connectivity index (χ0) is 32.4. The van der Waals surface area contributed by atoms with Crippen LogP contribution in [0.25, 0.3) is 0 Å². The summed E-state index contributed by atoms with van der Waals surface area (Å²) in [5.74, 6) is -2.13. The van der Waals surface area contributed by atoms with Crippen molar-refractivity contribution in [2.24, 2.45) is 22.7 Å². The van der Waals surface area contributed by atoms with Crippen LogP contribution in [0.3, 0.4) is 0 Å². The van der Waals surface area contributed by atoms with Gasteiger partial charge in [0.15, 0.2) is 17.1 Å². The predicted molar refractivity (Wildman–Crippen MR) is 169 cm³/mol. The Hall–Kier alpha value is -2.66. The molecule has 2 aromatic rings. The van der Waals surface area contributed by atoms with E-state index >= 15 is 4.39 Å². The van der Waals surface area contributed by atoms with Crippen molar-refractivity contribution in [1.82, 2.24) is 0 Å². The first-order valence-electron chi connectivity index (χ1n) is 14.8. The highest BCUT2D eigenvalue weighted by Gasteiger charge is 2.75. The maximum absolute atomic E-state index is 17.5. The minimum absolute atomic E-state index is 0.0272.